The summed E-state index contributed by atoms with van der Waals surface area (Å²) in [6.07, 6.45) is 1.82. The van der Waals surface area contributed by atoms with Crippen LogP contribution in [0.2, 0.25) is 10.0 Å². The quantitative estimate of drug-likeness (QED) is 0.351. The van der Waals surface area contributed by atoms with Gasteiger partial charge in [0, 0.05) is 33.6 Å². The van der Waals surface area contributed by atoms with Gasteiger partial charge in [0.05, 0.1) is 0 Å². The van der Waals surface area contributed by atoms with Crippen LogP contribution in [0.1, 0.15) is 5.56 Å². The minimum atomic E-state index is 0.614. The molecule has 0 aliphatic heterocycles. The zero-order chi connectivity index (χ0) is 17.8. The maximum Gasteiger partial charge on any atom is 0.192 e. The fourth-order valence-corrected chi connectivity index (χ4v) is 3.82. The Morgan fingerprint density at radius 3 is 2.56 bits per heavy atom. The molecule has 0 atom stereocenters. The lowest BCUT2D eigenvalue weighted by molar-refractivity contribution is 0.731. The van der Waals surface area contributed by atoms with Crippen molar-refractivity contribution in [2.24, 2.45) is 0 Å². The first kappa shape index (κ1) is 17.9. The lowest BCUT2D eigenvalue weighted by Crippen LogP contribution is -2.01. The first-order chi connectivity index (χ1) is 12.1. The average Bonchev–Trinajstić information content (AvgIpc) is 2.98. The highest BCUT2D eigenvalue weighted by atomic mass is 35.5. The molecule has 0 amide bonds. The topological polar surface area (TPSA) is 56.7 Å². The molecule has 0 aliphatic carbocycles. The fraction of sp³-hybridized carbons (Fsp3) is 0.111. The SMILES string of the molecule is C=CCn1c(SCc2ccc(Cl)cc2Cl)nnc1-c1ccc(N)cc1. The summed E-state index contributed by atoms with van der Waals surface area (Å²) < 4.78 is 2.02. The van der Waals surface area contributed by atoms with E-state index in [4.69, 9.17) is 28.9 Å². The number of anilines is 1. The van der Waals surface area contributed by atoms with Gasteiger partial charge in [-0.3, -0.25) is 4.57 Å². The molecule has 128 valence electrons. The van der Waals surface area contributed by atoms with Gasteiger partial charge >= 0.3 is 0 Å². The molecule has 1 heterocycles. The molecule has 2 aromatic carbocycles. The van der Waals surface area contributed by atoms with E-state index >= 15 is 0 Å². The van der Waals surface area contributed by atoms with E-state index in [1.807, 2.05) is 47.0 Å². The fourth-order valence-electron chi connectivity index (χ4n) is 2.32. The summed E-state index contributed by atoms with van der Waals surface area (Å²) in [6, 6.07) is 13.1. The van der Waals surface area contributed by atoms with Crippen LogP contribution in [0, 0.1) is 0 Å². The Balaban J connectivity index is 1.86. The summed E-state index contributed by atoms with van der Waals surface area (Å²) in [5.41, 5.74) is 8.43. The summed E-state index contributed by atoms with van der Waals surface area (Å²) in [7, 11) is 0. The first-order valence-electron chi connectivity index (χ1n) is 7.55. The number of nitrogen functional groups attached to an aromatic ring is 1. The molecular weight excluding hydrogens is 375 g/mol. The van der Waals surface area contributed by atoms with Crippen LogP contribution in [0.15, 0.2) is 60.3 Å². The normalized spacial score (nSPS) is 10.8. The number of hydrogen-bond acceptors (Lipinski definition) is 4. The van der Waals surface area contributed by atoms with E-state index in [9.17, 15) is 0 Å². The van der Waals surface area contributed by atoms with Crippen LogP contribution >= 0.6 is 35.0 Å². The Labute approximate surface area is 160 Å². The molecule has 0 radical (unpaired) electrons. The smallest absolute Gasteiger partial charge is 0.192 e. The molecule has 0 aliphatic rings. The van der Waals surface area contributed by atoms with Crippen molar-refractivity contribution in [3.05, 3.63) is 70.7 Å². The predicted octanol–water partition coefficient (Wildman–Crippen LogP) is 5.31. The molecule has 0 unspecified atom stereocenters. The molecule has 1 aromatic heterocycles. The Kier molecular flexibility index (Phi) is 5.68. The second kappa shape index (κ2) is 7.95. The van der Waals surface area contributed by atoms with E-state index in [0.717, 1.165) is 22.1 Å². The van der Waals surface area contributed by atoms with Crippen molar-refractivity contribution in [3.8, 4) is 11.4 Å². The Morgan fingerprint density at radius 2 is 1.88 bits per heavy atom. The van der Waals surface area contributed by atoms with E-state index in [1.54, 1.807) is 17.8 Å². The molecule has 25 heavy (non-hydrogen) atoms. The van der Waals surface area contributed by atoms with Crippen molar-refractivity contribution in [3.63, 3.8) is 0 Å². The third kappa shape index (κ3) is 4.18. The summed E-state index contributed by atoms with van der Waals surface area (Å²) >= 11 is 13.8. The standard InChI is InChI=1S/C18H16Cl2N4S/c1-2-9-24-17(12-4-7-15(21)8-5-12)22-23-18(24)25-11-13-3-6-14(19)10-16(13)20/h2-8,10H,1,9,11,21H2. The van der Waals surface area contributed by atoms with Crippen LogP contribution in [0.5, 0.6) is 0 Å². The molecule has 3 rings (SSSR count). The van der Waals surface area contributed by atoms with E-state index in [-0.39, 0.29) is 0 Å². The lowest BCUT2D eigenvalue weighted by atomic mass is 10.2. The molecule has 0 saturated carbocycles. The van der Waals surface area contributed by atoms with Crippen LogP contribution in [0.25, 0.3) is 11.4 Å². The molecule has 0 bridgehead atoms. The van der Waals surface area contributed by atoms with Crippen LogP contribution in [0.4, 0.5) is 5.69 Å². The van der Waals surface area contributed by atoms with Gasteiger partial charge in [-0.25, -0.2) is 0 Å². The van der Waals surface area contributed by atoms with Crippen LogP contribution in [-0.4, -0.2) is 14.8 Å². The molecule has 0 fully saturated rings. The van der Waals surface area contributed by atoms with Crippen LogP contribution in [0.3, 0.4) is 0 Å². The van der Waals surface area contributed by atoms with E-state index in [1.165, 1.54) is 0 Å². The summed E-state index contributed by atoms with van der Waals surface area (Å²) in [4.78, 5) is 0. The highest BCUT2D eigenvalue weighted by Crippen LogP contribution is 2.30. The van der Waals surface area contributed by atoms with Crippen LogP contribution < -0.4 is 5.73 Å². The van der Waals surface area contributed by atoms with E-state index in [0.29, 0.717) is 28.0 Å². The predicted molar refractivity (Wildman–Crippen MR) is 106 cm³/mol. The molecule has 7 heteroatoms. The second-order valence-corrected chi connectivity index (χ2v) is 7.14. The third-order valence-electron chi connectivity index (χ3n) is 3.57. The largest absolute Gasteiger partial charge is 0.399 e. The van der Waals surface area contributed by atoms with E-state index in [2.05, 4.69) is 16.8 Å². The number of thioether (sulfide) groups is 1. The Bertz CT molecular complexity index is 891. The Morgan fingerprint density at radius 1 is 1.12 bits per heavy atom. The monoisotopic (exact) mass is 390 g/mol. The van der Waals surface area contributed by atoms with Gasteiger partial charge in [0.15, 0.2) is 11.0 Å². The number of aromatic nitrogens is 3. The number of rotatable bonds is 6. The van der Waals surface area contributed by atoms with Crippen molar-refractivity contribution in [1.29, 1.82) is 0 Å². The first-order valence-corrected chi connectivity index (χ1v) is 9.29. The summed E-state index contributed by atoms with van der Waals surface area (Å²) in [5, 5.41) is 10.7. The highest BCUT2D eigenvalue weighted by Gasteiger charge is 2.14. The van der Waals surface area contributed by atoms with E-state index < -0.39 is 0 Å². The van der Waals surface area contributed by atoms with Crippen molar-refractivity contribution >= 4 is 40.7 Å². The number of benzene rings is 2. The number of allylic oxidation sites excluding steroid dienone is 1. The van der Waals surface area contributed by atoms with Gasteiger partial charge < -0.3 is 5.73 Å². The van der Waals surface area contributed by atoms with Gasteiger partial charge in [0.1, 0.15) is 0 Å². The number of nitrogens with zero attached hydrogens (tertiary/aromatic N) is 3. The molecule has 2 N–H and O–H groups in total. The van der Waals surface area contributed by atoms with Gasteiger partial charge in [-0.2, -0.15) is 0 Å². The van der Waals surface area contributed by atoms with Crippen LogP contribution in [-0.2, 0) is 12.3 Å². The molecule has 0 spiro atoms. The highest BCUT2D eigenvalue weighted by molar-refractivity contribution is 7.98. The zero-order valence-corrected chi connectivity index (χ0v) is 15.7. The zero-order valence-electron chi connectivity index (χ0n) is 13.3. The van der Waals surface area contributed by atoms with Gasteiger partial charge in [-0.1, -0.05) is 47.1 Å². The van der Waals surface area contributed by atoms with Gasteiger partial charge in [0.25, 0.3) is 0 Å². The van der Waals surface area contributed by atoms with Crippen molar-refractivity contribution in [1.82, 2.24) is 14.8 Å². The Hall–Kier alpha value is -1.95. The van der Waals surface area contributed by atoms with Gasteiger partial charge in [0.2, 0.25) is 0 Å². The molecule has 0 saturated heterocycles. The third-order valence-corrected chi connectivity index (χ3v) is 5.17. The van der Waals surface area contributed by atoms with Crippen molar-refractivity contribution in [2.45, 2.75) is 17.5 Å². The second-order valence-electron chi connectivity index (χ2n) is 5.35. The van der Waals surface area contributed by atoms with Gasteiger partial charge in [-0.05, 0) is 42.0 Å². The minimum Gasteiger partial charge on any atom is -0.399 e. The maximum atomic E-state index is 6.24. The molecular formula is C18H16Cl2N4S. The van der Waals surface area contributed by atoms with Gasteiger partial charge in [-0.15, -0.1) is 16.8 Å². The number of nitrogens with two attached hydrogens (primary N) is 1. The number of hydrogen-bond donors (Lipinski definition) is 1. The maximum absolute atomic E-state index is 6.24. The summed E-state index contributed by atoms with van der Waals surface area (Å²) in [5.74, 6) is 1.46. The molecule has 3 aromatic rings. The average molecular weight is 391 g/mol. The number of halogens is 2. The van der Waals surface area contributed by atoms with Crippen molar-refractivity contribution < 1.29 is 0 Å². The summed E-state index contributed by atoms with van der Waals surface area (Å²) in [6.45, 7) is 4.44. The van der Waals surface area contributed by atoms with Crippen molar-refractivity contribution in [2.75, 3.05) is 5.73 Å². The minimum absolute atomic E-state index is 0.614. The lowest BCUT2D eigenvalue weighted by Gasteiger charge is -2.09. The molecule has 4 nitrogen and oxygen atoms in total.